The molecule has 0 aromatic heterocycles. The summed E-state index contributed by atoms with van der Waals surface area (Å²) in [6, 6.07) is 0. The summed E-state index contributed by atoms with van der Waals surface area (Å²) >= 11 is 0. The van der Waals surface area contributed by atoms with Gasteiger partial charge in [0.1, 0.15) is 0 Å². The predicted octanol–water partition coefficient (Wildman–Crippen LogP) is 6.22. The van der Waals surface area contributed by atoms with Crippen molar-refractivity contribution in [2.75, 3.05) is 6.61 Å². The third-order valence-electron chi connectivity index (χ3n) is 3.70. The van der Waals surface area contributed by atoms with Crippen LogP contribution in [0.5, 0.6) is 0 Å². The Morgan fingerprint density at radius 3 is 2.45 bits per heavy atom. The Kier molecular flexibility index (Phi) is 15.5. The van der Waals surface area contributed by atoms with Crippen LogP contribution in [0.2, 0.25) is 0 Å². The molecule has 1 unspecified atom stereocenters. The maximum atomic E-state index is 11.1. The highest BCUT2D eigenvalue weighted by atomic mass is 16.5. The van der Waals surface area contributed by atoms with Gasteiger partial charge in [-0.3, -0.25) is 4.79 Å². The number of allylic oxidation sites excluding steroid dienone is 4. The Hall–Kier alpha value is -1.05. The lowest BCUT2D eigenvalue weighted by Crippen LogP contribution is -2.03. The van der Waals surface area contributed by atoms with E-state index in [1.165, 1.54) is 38.5 Å². The molecule has 2 nitrogen and oxygen atoms in total. The second-order valence-electron chi connectivity index (χ2n) is 6.01. The van der Waals surface area contributed by atoms with Crippen molar-refractivity contribution < 1.29 is 9.53 Å². The Balaban J connectivity index is 3.32. The summed E-state index contributed by atoms with van der Waals surface area (Å²) in [5.41, 5.74) is 0. The SMILES string of the molecule is CCCC(C)C=CCC=CCCCCCCCC(=O)OCC. The average Bonchev–Trinajstić information content (AvgIpc) is 2.49. The van der Waals surface area contributed by atoms with Gasteiger partial charge in [0, 0.05) is 6.42 Å². The molecule has 0 heterocycles. The molecule has 0 aliphatic carbocycles. The van der Waals surface area contributed by atoms with Crippen LogP contribution in [-0.4, -0.2) is 12.6 Å². The lowest BCUT2D eigenvalue weighted by molar-refractivity contribution is -0.143. The highest BCUT2D eigenvalue weighted by molar-refractivity contribution is 5.69. The molecule has 0 aromatic rings. The number of carbonyl (C=O) groups excluding carboxylic acids is 1. The standard InChI is InChI=1S/C20H36O2/c1-4-16-19(3)17-14-12-10-8-6-7-9-11-13-15-18-20(21)22-5-2/h8,10,14,17,19H,4-7,9,11-13,15-16,18H2,1-3H3. The fourth-order valence-electron chi connectivity index (χ4n) is 2.45. The molecule has 0 fully saturated rings. The van der Waals surface area contributed by atoms with Gasteiger partial charge in [-0.1, -0.05) is 63.8 Å². The first kappa shape index (κ1) is 20.9. The van der Waals surface area contributed by atoms with Crippen LogP contribution in [0.15, 0.2) is 24.3 Å². The summed E-state index contributed by atoms with van der Waals surface area (Å²) in [6.07, 6.45) is 20.4. The van der Waals surface area contributed by atoms with Crippen LogP contribution in [0, 0.1) is 5.92 Å². The van der Waals surface area contributed by atoms with Gasteiger partial charge in [-0.05, 0) is 44.9 Å². The second kappa shape index (κ2) is 16.3. The van der Waals surface area contributed by atoms with Crippen molar-refractivity contribution in [2.24, 2.45) is 5.92 Å². The van der Waals surface area contributed by atoms with E-state index in [9.17, 15) is 4.79 Å². The lowest BCUT2D eigenvalue weighted by atomic mass is 10.1. The zero-order chi connectivity index (χ0) is 16.5. The van der Waals surface area contributed by atoms with Gasteiger partial charge < -0.3 is 4.74 Å². The van der Waals surface area contributed by atoms with Gasteiger partial charge in [0.2, 0.25) is 0 Å². The van der Waals surface area contributed by atoms with E-state index in [0.717, 1.165) is 19.3 Å². The van der Waals surface area contributed by atoms with Gasteiger partial charge in [0.15, 0.2) is 0 Å². The van der Waals surface area contributed by atoms with Gasteiger partial charge in [-0.15, -0.1) is 0 Å². The van der Waals surface area contributed by atoms with E-state index in [0.29, 0.717) is 18.9 Å². The molecule has 0 radical (unpaired) electrons. The number of rotatable bonds is 14. The van der Waals surface area contributed by atoms with E-state index in [-0.39, 0.29) is 5.97 Å². The summed E-state index contributed by atoms with van der Waals surface area (Å²) in [4.78, 5) is 11.1. The molecule has 0 spiro atoms. The predicted molar refractivity (Wildman–Crippen MR) is 95.9 cm³/mol. The largest absolute Gasteiger partial charge is 0.466 e. The normalized spacial score (nSPS) is 13.0. The fraction of sp³-hybridized carbons (Fsp3) is 0.750. The molecule has 2 heteroatoms. The van der Waals surface area contributed by atoms with Crippen LogP contribution >= 0.6 is 0 Å². The molecule has 0 N–H and O–H groups in total. The molecule has 0 aromatic carbocycles. The highest BCUT2D eigenvalue weighted by Gasteiger charge is 2.00. The van der Waals surface area contributed by atoms with Gasteiger partial charge in [-0.2, -0.15) is 0 Å². The van der Waals surface area contributed by atoms with Gasteiger partial charge >= 0.3 is 5.97 Å². The second-order valence-corrected chi connectivity index (χ2v) is 6.01. The van der Waals surface area contributed by atoms with Crippen molar-refractivity contribution in [2.45, 2.75) is 85.0 Å². The maximum Gasteiger partial charge on any atom is 0.305 e. The Bertz CT molecular complexity index is 305. The molecule has 22 heavy (non-hydrogen) atoms. The first-order chi connectivity index (χ1) is 10.7. The van der Waals surface area contributed by atoms with Crippen molar-refractivity contribution in [3.63, 3.8) is 0 Å². The average molecular weight is 309 g/mol. The molecule has 1 atom stereocenters. The number of ether oxygens (including phenoxy) is 1. The fourth-order valence-corrected chi connectivity index (χ4v) is 2.45. The van der Waals surface area contributed by atoms with Gasteiger partial charge in [-0.25, -0.2) is 0 Å². The quantitative estimate of drug-likeness (QED) is 0.216. The van der Waals surface area contributed by atoms with Crippen LogP contribution < -0.4 is 0 Å². The van der Waals surface area contributed by atoms with E-state index in [1.54, 1.807) is 0 Å². The monoisotopic (exact) mass is 308 g/mol. The van der Waals surface area contributed by atoms with E-state index in [4.69, 9.17) is 4.74 Å². The number of hydrogen-bond acceptors (Lipinski definition) is 2. The molecular formula is C20H36O2. The van der Waals surface area contributed by atoms with E-state index < -0.39 is 0 Å². The number of unbranched alkanes of at least 4 members (excludes halogenated alkanes) is 5. The minimum atomic E-state index is -0.0493. The first-order valence-corrected chi connectivity index (χ1v) is 9.18. The zero-order valence-corrected chi connectivity index (χ0v) is 15.0. The Morgan fingerprint density at radius 1 is 1.00 bits per heavy atom. The van der Waals surface area contributed by atoms with E-state index in [1.807, 2.05) is 6.92 Å². The van der Waals surface area contributed by atoms with Crippen molar-refractivity contribution >= 4 is 5.97 Å². The van der Waals surface area contributed by atoms with Gasteiger partial charge in [0.05, 0.1) is 6.61 Å². The maximum absolute atomic E-state index is 11.1. The smallest absolute Gasteiger partial charge is 0.305 e. The molecule has 128 valence electrons. The summed E-state index contributed by atoms with van der Waals surface area (Å²) in [6.45, 7) is 6.87. The minimum absolute atomic E-state index is 0.0493. The van der Waals surface area contributed by atoms with Crippen LogP contribution in [0.3, 0.4) is 0 Å². The summed E-state index contributed by atoms with van der Waals surface area (Å²) in [7, 11) is 0. The van der Waals surface area contributed by atoms with Crippen molar-refractivity contribution in [3.8, 4) is 0 Å². The Morgan fingerprint density at radius 2 is 1.73 bits per heavy atom. The third kappa shape index (κ3) is 15.3. The highest BCUT2D eigenvalue weighted by Crippen LogP contribution is 2.09. The summed E-state index contributed by atoms with van der Waals surface area (Å²) in [5, 5.41) is 0. The summed E-state index contributed by atoms with van der Waals surface area (Å²) < 4.78 is 4.91. The number of carbonyl (C=O) groups is 1. The number of hydrogen-bond donors (Lipinski definition) is 0. The van der Waals surface area contributed by atoms with Crippen molar-refractivity contribution in [1.82, 2.24) is 0 Å². The molecule has 0 saturated heterocycles. The van der Waals surface area contributed by atoms with Crippen LogP contribution in [0.25, 0.3) is 0 Å². The Labute approximate surface area is 138 Å². The number of esters is 1. The van der Waals surface area contributed by atoms with Crippen molar-refractivity contribution in [3.05, 3.63) is 24.3 Å². The van der Waals surface area contributed by atoms with Crippen LogP contribution in [0.4, 0.5) is 0 Å². The minimum Gasteiger partial charge on any atom is -0.466 e. The molecule has 0 saturated carbocycles. The van der Waals surface area contributed by atoms with Crippen LogP contribution in [-0.2, 0) is 9.53 Å². The molecule has 0 rings (SSSR count). The molecule has 0 bridgehead atoms. The molecule has 0 aliphatic heterocycles. The van der Waals surface area contributed by atoms with Gasteiger partial charge in [0.25, 0.3) is 0 Å². The lowest BCUT2D eigenvalue weighted by Gasteiger charge is -2.01. The van der Waals surface area contributed by atoms with Crippen molar-refractivity contribution in [1.29, 1.82) is 0 Å². The molecule has 0 aliphatic rings. The topological polar surface area (TPSA) is 26.3 Å². The van der Waals surface area contributed by atoms with E-state index in [2.05, 4.69) is 38.2 Å². The third-order valence-corrected chi connectivity index (χ3v) is 3.70. The molecule has 0 amide bonds. The summed E-state index contributed by atoms with van der Waals surface area (Å²) in [5.74, 6) is 0.666. The zero-order valence-electron chi connectivity index (χ0n) is 15.0. The first-order valence-electron chi connectivity index (χ1n) is 9.18. The molecular weight excluding hydrogens is 272 g/mol. The van der Waals surface area contributed by atoms with E-state index >= 15 is 0 Å². The van der Waals surface area contributed by atoms with Crippen LogP contribution in [0.1, 0.15) is 85.0 Å².